The molecule has 7 heteroatoms. The van der Waals surface area contributed by atoms with E-state index >= 15 is 0 Å². The Hall–Kier alpha value is -2.15. The van der Waals surface area contributed by atoms with Crippen molar-refractivity contribution in [3.63, 3.8) is 0 Å². The van der Waals surface area contributed by atoms with Crippen LogP contribution in [0.3, 0.4) is 0 Å². The van der Waals surface area contributed by atoms with Gasteiger partial charge in [0.2, 0.25) is 0 Å². The highest BCUT2D eigenvalue weighted by atomic mass is 32.2. The average molecular weight is 295 g/mol. The van der Waals surface area contributed by atoms with Crippen LogP contribution in [0.25, 0.3) is 6.08 Å². The van der Waals surface area contributed by atoms with Gasteiger partial charge >= 0.3 is 5.97 Å². The molecule has 0 aliphatic heterocycles. The Morgan fingerprint density at radius 3 is 2.65 bits per heavy atom. The van der Waals surface area contributed by atoms with Crippen molar-refractivity contribution in [2.75, 3.05) is 12.9 Å². The maximum Gasteiger partial charge on any atom is 0.338 e. The summed E-state index contributed by atoms with van der Waals surface area (Å²) in [5.74, 6) is -0.174. The molecule has 0 spiro atoms. The summed E-state index contributed by atoms with van der Waals surface area (Å²) in [5, 5.41) is 10.8. The van der Waals surface area contributed by atoms with E-state index in [-0.39, 0.29) is 16.4 Å². The molecule has 0 aromatic heterocycles. The summed E-state index contributed by atoms with van der Waals surface area (Å²) in [7, 11) is 1.21. The summed E-state index contributed by atoms with van der Waals surface area (Å²) < 4.78 is 4.55. The third kappa shape index (κ3) is 4.85. The van der Waals surface area contributed by atoms with Gasteiger partial charge in [-0.1, -0.05) is 23.9 Å². The highest BCUT2D eigenvalue weighted by Gasteiger charge is 2.13. The summed E-state index contributed by atoms with van der Waals surface area (Å²) in [6.07, 6.45) is 3.32. The number of hydrogen-bond donors (Lipinski definition) is 0. The zero-order chi connectivity index (χ0) is 15.1. The average Bonchev–Trinajstić information content (AvgIpc) is 2.42. The van der Waals surface area contributed by atoms with Gasteiger partial charge < -0.3 is 4.74 Å². The highest BCUT2D eigenvalue weighted by Crippen LogP contribution is 2.19. The third-order valence-corrected chi connectivity index (χ3v) is 3.03. The summed E-state index contributed by atoms with van der Waals surface area (Å²) in [5.41, 5.74) is 0.427. The number of hydrogen-bond acceptors (Lipinski definition) is 6. The lowest BCUT2D eigenvalue weighted by Crippen LogP contribution is -2.02. The minimum Gasteiger partial charge on any atom is -0.465 e. The minimum absolute atomic E-state index is 0.0102. The quantitative estimate of drug-likeness (QED) is 0.471. The molecule has 0 aliphatic carbocycles. The molecule has 0 radical (unpaired) electrons. The molecule has 1 rings (SSSR count). The van der Waals surface area contributed by atoms with Gasteiger partial charge in [0, 0.05) is 24.8 Å². The van der Waals surface area contributed by atoms with Crippen molar-refractivity contribution in [2.45, 2.75) is 6.92 Å². The molecule has 0 unspecified atom stereocenters. The molecule has 6 nitrogen and oxygen atoms in total. The van der Waals surface area contributed by atoms with Crippen LogP contribution < -0.4 is 0 Å². The Labute approximate surface area is 120 Å². The van der Waals surface area contributed by atoms with Crippen LogP contribution in [-0.4, -0.2) is 28.9 Å². The smallest absolute Gasteiger partial charge is 0.338 e. The second-order valence-electron chi connectivity index (χ2n) is 3.77. The molecule has 106 valence electrons. The molecular formula is C13H13NO5S. The number of benzene rings is 1. The minimum atomic E-state index is -0.638. The Bertz CT molecular complexity index is 568. The van der Waals surface area contributed by atoms with Crippen molar-refractivity contribution in [1.82, 2.24) is 0 Å². The molecule has 1 aromatic rings. The van der Waals surface area contributed by atoms with Gasteiger partial charge in [-0.25, -0.2) is 4.79 Å². The SMILES string of the molecule is COC(=O)c1cc(C=CCSC(C)=O)cc([N+](=O)[O-])c1. The standard InChI is InChI=1S/C13H13NO5S/c1-9(15)20-5-3-4-10-6-11(13(16)19-2)8-12(7-10)14(17)18/h3-4,6-8H,5H2,1-2H3. The van der Waals surface area contributed by atoms with Gasteiger partial charge in [0.25, 0.3) is 5.69 Å². The van der Waals surface area contributed by atoms with Gasteiger partial charge in [-0.15, -0.1) is 0 Å². The summed E-state index contributed by atoms with van der Waals surface area (Å²) in [4.78, 5) is 32.4. The topological polar surface area (TPSA) is 86.5 Å². The maximum absolute atomic E-state index is 11.4. The van der Waals surface area contributed by atoms with Crippen LogP contribution in [0.4, 0.5) is 5.69 Å². The fourth-order valence-electron chi connectivity index (χ4n) is 1.42. The van der Waals surface area contributed by atoms with Crippen LogP contribution in [-0.2, 0) is 9.53 Å². The zero-order valence-electron chi connectivity index (χ0n) is 11.0. The molecule has 0 fully saturated rings. The molecule has 0 saturated carbocycles. The fourth-order valence-corrected chi connectivity index (χ4v) is 1.85. The van der Waals surface area contributed by atoms with E-state index in [1.54, 1.807) is 12.2 Å². The van der Waals surface area contributed by atoms with Gasteiger partial charge in [0.05, 0.1) is 17.6 Å². The van der Waals surface area contributed by atoms with Crippen LogP contribution in [0.2, 0.25) is 0 Å². The zero-order valence-corrected chi connectivity index (χ0v) is 11.8. The number of nitro benzene ring substituents is 1. The molecule has 0 amide bonds. The van der Waals surface area contributed by atoms with Crippen LogP contribution in [0, 0.1) is 10.1 Å². The predicted octanol–water partition coefficient (Wildman–Crippen LogP) is 2.67. The fraction of sp³-hybridized carbons (Fsp3) is 0.231. The van der Waals surface area contributed by atoms with Crippen molar-refractivity contribution < 1.29 is 19.2 Å². The van der Waals surface area contributed by atoms with E-state index in [4.69, 9.17) is 0 Å². The molecule has 1 aromatic carbocycles. The first-order valence-corrected chi connectivity index (χ1v) is 6.60. The van der Waals surface area contributed by atoms with E-state index < -0.39 is 10.9 Å². The molecule has 0 heterocycles. The number of carbonyl (C=O) groups excluding carboxylic acids is 2. The number of carbonyl (C=O) groups is 2. The Morgan fingerprint density at radius 2 is 2.10 bits per heavy atom. The number of non-ortho nitro benzene ring substituents is 1. The van der Waals surface area contributed by atoms with E-state index in [2.05, 4.69) is 4.74 Å². The van der Waals surface area contributed by atoms with Crippen LogP contribution in [0.5, 0.6) is 0 Å². The van der Waals surface area contributed by atoms with Crippen molar-refractivity contribution >= 4 is 34.6 Å². The number of thioether (sulfide) groups is 1. The van der Waals surface area contributed by atoms with Crippen LogP contribution in [0.15, 0.2) is 24.3 Å². The molecule has 0 saturated heterocycles. The molecule has 0 aliphatic rings. The summed E-state index contributed by atoms with van der Waals surface area (Å²) in [6.45, 7) is 1.46. The van der Waals surface area contributed by atoms with E-state index in [0.29, 0.717) is 11.3 Å². The van der Waals surface area contributed by atoms with Crippen molar-refractivity contribution in [2.24, 2.45) is 0 Å². The largest absolute Gasteiger partial charge is 0.465 e. The van der Waals surface area contributed by atoms with Gasteiger partial charge in [-0.2, -0.15) is 0 Å². The van der Waals surface area contributed by atoms with E-state index in [9.17, 15) is 19.7 Å². The normalized spacial score (nSPS) is 10.5. The molecular weight excluding hydrogens is 282 g/mol. The number of rotatable bonds is 5. The van der Waals surface area contributed by atoms with Crippen LogP contribution in [0.1, 0.15) is 22.8 Å². The van der Waals surface area contributed by atoms with Gasteiger partial charge in [-0.3, -0.25) is 14.9 Å². The second-order valence-corrected chi connectivity index (χ2v) is 4.96. The monoisotopic (exact) mass is 295 g/mol. The predicted molar refractivity (Wildman–Crippen MR) is 76.6 cm³/mol. The van der Waals surface area contributed by atoms with Gasteiger partial charge in [0.15, 0.2) is 5.12 Å². The van der Waals surface area contributed by atoms with Crippen molar-refractivity contribution in [3.8, 4) is 0 Å². The Kier molecular flexibility index (Phi) is 5.92. The lowest BCUT2D eigenvalue weighted by molar-refractivity contribution is -0.384. The molecule has 0 N–H and O–H groups in total. The summed E-state index contributed by atoms with van der Waals surface area (Å²) >= 11 is 1.12. The van der Waals surface area contributed by atoms with E-state index in [0.717, 1.165) is 17.8 Å². The first-order chi connectivity index (χ1) is 9.43. The molecule has 0 atom stereocenters. The van der Waals surface area contributed by atoms with Gasteiger partial charge in [0.1, 0.15) is 0 Å². The first kappa shape index (κ1) is 15.9. The van der Waals surface area contributed by atoms with Gasteiger partial charge in [-0.05, 0) is 11.6 Å². The highest BCUT2D eigenvalue weighted by molar-refractivity contribution is 8.13. The number of nitro groups is 1. The second kappa shape index (κ2) is 7.44. The summed E-state index contributed by atoms with van der Waals surface area (Å²) in [6, 6.07) is 4.00. The molecule has 0 bridgehead atoms. The third-order valence-electron chi connectivity index (χ3n) is 2.27. The lowest BCUT2D eigenvalue weighted by atomic mass is 10.1. The molecule has 20 heavy (non-hydrogen) atoms. The van der Waals surface area contributed by atoms with E-state index in [1.165, 1.54) is 26.2 Å². The number of ether oxygens (including phenoxy) is 1. The number of nitrogens with zero attached hydrogens (tertiary/aromatic N) is 1. The number of esters is 1. The maximum atomic E-state index is 11.4. The lowest BCUT2D eigenvalue weighted by Gasteiger charge is -2.01. The van der Waals surface area contributed by atoms with Crippen molar-refractivity contribution in [3.05, 3.63) is 45.5 Å². The Morgan fingerprint density at radius 1 is 1.40 bits per heavy atom. The van der Waals surface area contributed by atoms with Crippen molar-refractivity contribution in [1.29, 1.82) is 0 Å². The van der Waals surface area contributed by atoms with Crippen LogP contribution >= 0.6 is 11.8 Å². The van der Waals surface area contributed by atoms with E-state index in [1.807, 2.05) is 0 Å². The Balaban J connectivity index is 3.00. The number of methoxy groups -OCH3 is 1. The first-order valence-electron chi connectivity index (χ1n) is 5.61.